The zero-order valence-electron chi connectivity index (χ0n) is 14.8. The molecular formula is C18H28FN3O2. The van der Waals surface area contributed by atoms with Crippen LogP contribution in [0.1, 0.15) is 24.0 Å². The molecule has 1 aliphatic rings. The van der Waals surface area contributed by atoms with Gasteiger partial charge in [0.1, 0.15) is 5.82 Å². The number of nitrogens with zero attached hydrogens (tertiary/aromatic N) is 1. The molecule has 1 aliphatic heterocycles. The van der Waals surface area contributed by atoms with Crippen molar-refractivity contribution in [3.63, 3.8) is 0 Å². The Bertz CT molecular complexity index is 557. The number of rotatable bonds is 6. The van der Waals surface area contributed by atoms with Gasteiger partial charge in [0.2, 0.25) is 0 Å². The van der Waals surface area contributed by atoms with E-state index in [0.717, 1.165) is 56.1 Å². The summed E-state index contributed by atoms with van der Waals surface area (Å²) in [6.07, 6.45) is 2.57. The Kier molecular flexibility index (Phi) is 6.99. The molecule has 2 rings (SSSR count). The van der Waals surface area contributed by atoms with Crippen LogP contribution in [0.3, 0.4) is 0 Å². The standard InChI is InChI=1S/C18H28FN3O2/c1-14-12-16(19)5-4-15(14)6-9-21-17(20-2)22-13-18(23-3)7-10-24-11-8-18/h4-5,12H,6-11,13H2,1-3H3,(H2,20,21,22). The largest absolute Gasteiger partial charge is 0.381 e. The lowest BCUT2D eigenvalue weighted by molar-refractivity contribution is -0.0855. The number of halogens is 1. The topological polar surface area (TPSA) is 54.9 Å². The van der Waals surface area contributed by atoms with Crippen molar-refractivity contribution in [1.82, 2.24) is 10.6 Å². The fourth-order valence-electron chi connectivity index (χ4n) is 2.92. The molecule has 0 spiro atoms. The Morgan fingerprint density at radius 1 is 1.33 bits per heavy atom. The number of hydrogen-bond acceptors (Lipinski definition) is 3. The SMILES string of the molecule is CN=C(NCCc1ccc(F)cc1C)NCC1(OC)CCOCC1. The van der Waals surface area contributed by atoms with E-state index >= 15 is 0 Å². The molecule has 2 N–H and O–H groups in total. The summed E-state index contributed by atoms with van der Waals surface area (Å²) in [5.41, 5.74) is 1.92. The van der Waals surface area contributed by atoms with Crippen LogP contribution in [0.25, 0.3) is 0 Å². The van der Waals surface area contributed by atoms with Crippen molar-refractivity contribution in [2.75, 3.05) is 40.5 Å². The fourth-order valence-corrected chi connectivity index (χ4v) is 2.92. The Morgan fingerprint density at radius 3 is 2.71 bits per heavy atom. The quantitative estimate of drug-likeness (QED) is 0.616. The Balaban J connectivity index is 1.80. The zero-order chi connectivity index (χ0) is 17.4. The number of ether oxygens (including phenoxy) is 2. The minimum Gasteiger partial charge on any atom is -0.381 e. The first-order valence-electron chi connectivity index (χ1n) is 8.41. The summed E-state index contributed by atoms with van der Waals surface area (Å²) >= 11 is 0. The van der Waals surface area contributed by atoms with E-state index in [1.807, 2.05) is 13.0 Å². The second-order valence-corrected chi connectivity index (χ2v) is 6.17. The second kappa shape index (κ2) is 8.99. The fraction of sp³-hybridized carbons (Fsp3) is 0.611. The molecule has 0 aliphatic carbocycles. The van der Waals surface area contributed by atoms with Crippen LogP contribution in [0.2, 0.25) is 0 Å². The van der Waals surface area contributed by atoms with E-state index < -0.39 is 0 Å². The predicted octanol–water partition coefficient (Wildman–Crippen LogP) is 2.04. The molecule has 134 valence electrons. The van der Waals surface area contributed by atoms with Crippen LogP contribution in [0.15, 0.2) is 23.2 Å². The first-order chi connectivity index (χ1) is 11.6. The van der Waals surface area contributed by atoms with Gasteiger partial charge in [0, 0.05) is 53.3 Å². The molecule has 1 aromatic rings. The highest BCUT2D eigenvalue weighted by Gasteiger charge is 2.32. The zero-order valence-corrected chi connectivity index (χ0v) is 14.8. The van der Waals surface area contributed by atoms with Gasteiger partial charge in [-0.3, -0.25) is 4.99 Å². The smallest absolute Gasteiger partial charge is 0.191 e. The molecule has 0 saturated carbocycles. The number of benzene rings is 1. The highest BCUT2D eigenvalue weighted by Crippen LogP contribution is 2.23. The number of aryl methyl sites for hydroxylation is 1. The van der Waals surface area contributed by atoms with E-state index in [1.54, 1.807) is 20.2 Å². The van der Waals surface area contributed by atoms with E-state index in [0.29, 0.717) is 6.54 Å². The van der Waals surface area contributed by atoms with Gasteiger partial charge in [-0.15, -0.1) is 0 Å². The van der Waals surface area contributed by atoms with Gasteiger partial charge in [0.05, 0.1) is 5.60 Å². The van der Waals surface area contributed by atoms with Crippen molar-refractivity contribution in [3.05, 3.63) is 35.1 Å². The summed E-state index contributed by atoms with van der Waals surface area (Å²) in [5.74, 6) is 0.556. The lowest BCUT2D eigenvalue weighted by Gasteiger charge is -2.36. The molecule has 0 bridgehead atoms. The predicted molar refractivity (Wildman–Crippen MR) is 94.0 cm³/mol. The Morgan fingerprint density at radius 2 is 2.08 bits per heavy atom. The van der Waals surface area contributed by atoms with E-state index in [4.69, 9.17) is 9.47 Å². The number of nitrogens with one attached hydrogen (secondary N) is 2. The lowest BCUT2D eigenvalue weighted by Crippen LogP contribution is -2.51. The maximum atomic E-state index is 13.1. The van der Waals surface area contributed by atoms with Gasteiger partial charge in [-0.25, -0.2) is 4.39 Å². The Labute approximate surface area is 143 Å². The minimum atomic E-state index is -0.192. The molecule has 1 fully saturated rings. The molecule has 0 radical (unpaired) electrons. The number of aliphatic imine (C=N–C) groups is 1. The molecular weight excluding hydrogens is 309 g/mol. The highest BCUT2D eigenvalue weighted by atomic mass is 19.1. The van der Waals surface area contributed by atoms with Crippen LogP contribution in [0.5, 0.6) is 0 Å². The first kappa shape index (κ1) is 18.7. The first-order valence-corrected chi connectivity index (χ1v) is 8.41. The number of methoxy groups -OCH3 is 1. The van der Waals surface area contributed by atoms with Gasteiger partial charge >= 0.3 is 0 Å². The molecule has 5 nitrogen and oxygen atoms in total. The second-order valence-electron chi connectivity index (χ2n) is 6.17. The van der Waals surface area contributed by atoms with E-state index in [2.05, 4.69) is 15.6 Å². The molecule has 1 saturated heterocycles. The lowest BCUT2D eigenvalue weighted by atomic mass is 9.94. The summed E-state index contributed by atoms with van der Waals surface area (Å²) in [4.78, 5) is 4.25. The van der Waals surface area contributed by atoms with Gasteiger partial charge in [-0.1, -0.05) is 6.07 Å². The monoisotopic (exact) mass is 337 g/mol. The molecule has 24 heavy (non-hydrogen) atoms. The third-order valence-electron chi connectivity index (χ3n) is 4.63. The van der Waals surface area contributed by atoms with Crippen LogP contribution in [0, 0.1) is 12.7 Å². The van der Waals surface area contributed by atoms with Crippen LogP contribution < -0.4 is 10.6 Å². The third kappa shape index (κ3) is 5.18. The van der Waals surface area contributed by atoms with Crippen LogP contribution in [0.4, 0.5) is 4.39 Å². The van der Waals surface area contributed by atoms with Crippen molar-refractivity contribution in [2.24, 2.45) is 4.99 Å². The number of guanidine groups is 1. The molecule has 6 heteroatoms. The third-order valence-corrected chi connectivity index (χ3v) is 4.63. The molecule has 0 atom stereocenters. The maximum absolute atomic E-state index is 13.1. The van der Waals surface area contributed by atoms with Crippen molar-refractivity contribution in [1.29, 1.82) is 0 Å². The van der Waals surface area contributed by atoms with Crippen molar-refractivity contribution in [2.45, 2.75) is 31.8 Å². The van der Waals surface area contributed by atoms with Crippen molar-refractivity contribution >= 4 is 5.96 Å². The average Bonchev–Trinajstić information content (AvgIpc) is 2.60. The summed E-state index contributed by atoms with van der Waals surface area (Å²) in [5, 5.41) is 6.64. The molecule has 0 unspecified atom stereocenters. The van der Waals surface area contributed by atoms with Gasteiger partial charge in [0.25, 0.3) is 0 Å². The van der Waals surface area contributed by atoms with Crippen molar-refractivity contribution < 1.29 is 13.9 Å². The molecule has 1 heterocycles. The van der Waals surface area contributed by atoms with Gasteiger partial charge in [-0.2, -0.15) is 0 Å². The maximum Gasteiger partial charge on any atom is 0.191 e. The summed E-state index contributed by atoms with van der Waals surface area (Å²) in [6.45, 7) is 4.81. The minimum absolute atomic E-state index is 0.191. The van der Waals surface area contributed by atoms with Crippen LogP contribution in [-0.4, -0.2) is 52.0 Å². The Hall–Kier alpha value is -1.66. The van der Waals surface area contributed by atoms with Crippen molar-refractivity contribution in [3.8, 4) is 0 Å². The normalized spacial score (nSPS) is 17.6. The van der Waals surface area contributed by atoms with E-state index in [9.17, 15) is 4.39 Å². The number of hydrogen-bond donors (Lipinski definition) is 2. The van der Waals surface area contributed by atoms with Gasteiger partial charge < -0.3 is 20.1 Å². The molecule has 0 amide bonds. The summed E-state index contributed by atoms with van der Waals surface area (Å²) in [7, 11) is 3.50. The van der Waals surface area contributed by atoms with E-state index in [-0.39, 0.29) is 11.4 Å². The van der Waals surface area contributed by atoms with E-state index in [1.165, 1.54) is 6.07 Å². The van der Waals surface area contributed by atoms with Gasteiger partial charge in [-0.05, 0) is 36.6 Å². The molecule has 0 aromatic heterocycles. The summed E-state index contributed by atoms with van der Waals surface area (Å²) < 4.78 is 24.3. The molecule has 1 aromatic carbocycles. The van der Waals surface area contributed by atoms with Crippen LogP contribution >= 0.6 is 0 Å². The van der Waals surface area contributed by atoms with Gasteiger partial charge in [0.15, 0.2) is 5.96 Å². The average molecular weight is 337 g/mol. The van der Waals surface area contributed by atoms with Crippen LogP contribution in [-0.2, 0) is 15.9 Å². The highest BCUT2D eigenvalue weighted by molar-refractivity contribution is 5.79. The summed E-state index contributed by atoms with van der Waals surface area (Å²) in [6, 6.07) is 4.91.